The highest BCUT2D eigenvalue weighted by atomic mass is 19.1. The number of anilines is 1. The van der Waals surface area contributed by atoms with Crippen LogP contribution in [0.25, 0.3) is 22.3 Å². The molecule has 21 heavy (non-hydrogen) atoms. The average Bonchev–Trinajstić information content (AvgIpc) is 2.46. The van der Waals surface area contributed by atoms with Gasteiger partial charge in [-0.25, -0.2) is 14.4 Å². The molecule has 1 heterocycles. The van der Waals surface area contributed by atoms with E-state index in [1.54, 1.807) is 13.1 Å². The van der Waals surface area contributed by atoms with E-state index >= 15 is 0 Å². The summed E-state index contributed by atoms with van der Waals surface area (Å²) >= 11 is 0. The predicted molar refractivity (Wildman–Crippen MR) is 84.0 cm³/mol. The van der Waals surface area contributed by atoms with Crippen molar-refractivity contribution in [1.29, 1.82) is 0 Å². The summed E-state index contributed by atoms with van der Waals surface area (Å²) in [5, 5.41) is 3.72. The van der Waals surface area contributed by atoms with E-state index in [4.69, 9.17) is 0 Å². The van der Waals surface area contributed by atoms with Gasteiger partial charge in [0.2, 0.25) is 0 Å². The molecular formula is C17H16FN3. The molecule has 0 saturated carbocycles. The van der Waals surface area contributed by atoms with Crippen LogP contribution in [0, 0.1) is 19.7 Å². The first-order chi connectivity index (χ1) is 10.1. The summed E-state index contributed by atoms with van der Waals surface area (Å²) < 4.78 is 13.4. The zero-order valence-corrected chi connectivity index (χ0v) is 12.2. The number of nitrogens with one attached hydrogen (secondary N) is 1. The van der Waals surface area contributed by atoms with Gasteiger partial charge in [-0.15, -0.1) is 0 Å². The van der Waals surface area contributed by atoms with Gasteiger partial charge in [0.05, 0.1) is 5.52 Å². The van der Waals surface area contributed by atoms with E-state index in [9.17, 15) is 4.39 Å². The van der Waals surface area contributed by atoms with E-state index in [-0.39, 0.29) is 5.82 Å². The van der Waals surface area contributed by atoms with E-state index < -0.39 is 0 Å². The molecule has 0 atom stereocenters. The molecule has 3 nitrogen and oxygen atoms in total. The van der Waals surface area contributed by atoms with Crippen LogP contribution in [0.15, 0.2) is 36.4 Å². The number of halogens is 1. The molecule has 0 bridgehead atoms. The van der Waals surface area contributed by atoms with Gasteiger partial charge in [0, 0.05) is 18.0 Å². The van der Waals surface area contributed by atoms with E-state index in [0.29, 0.717) is 17.0 Å². The number of fused-ring (bicyclic) bond motifs is 1. The zero-order valence-electron chi connectivity index (χ0n) is 12.2. The van der Waals surface area contributed by atoms with E-state index in [1.165, 1.54) is 12.1 Å². The fraction of sp³-hybridized carbons (Fsp3) is 0.176. The maximum Gasteiger partial charge on any atom is 0.162 e. The molecule has 0 unspecified atom stereocenters. The molecule has 3 aromatic rings. The Kier molecular flexibility index (Phi) is 3.29. The number of aromatic nitrogens is 2. The second-order valence-electron chi connectivity index (χ2n) is 5.07. The molecule has 3 rings (SSSR count). The lowest BCUT2D eigenvalue weighted by atomic mass is 10.0. The van der Waals surface area contributed by atoms with Gasteiger partial charge in [-0.3, -0.25) is 0 Å². The van der Waals surface area contributed by atoms with Crippen molar-refractivity contribution in [3.05, 3.63) is 53.3 Å². The lowest BCUT2D eigenvalue weighted by Gasteiger charge is -2.12. The van der Waals surface area contributed by atoms with Gasteiger partial charge >= 0.3 is 0 Å². The maximum absolute atomic E-state index is 13.4. The molecule has 0 aliphatic heterocycles. The fourth-order valence-electron chi connectivity index (χ4n) is 2.57. The van der Waals surface area contributed by atoms with Gasteiger partial charge in [-0.05, 0) is 43.2 Å². The summed E-state index contributed by atoms with van der Waals surface area (Å²) in [6.07, 6.45) is 0. The number of hydrogen-bond donors (Lipinski definition) is 1. The summed E-state index contributed by atoms with van der Waals surface area (Å²) in [5.41, 5.74) is 4.01. The average molecular weight is 281 g/mol. The molecule has 0 radical (unpaired) electrons. The first-order valence-electron chi connectivity index (χ1n) is 6.82. The second kappa shape index (κ2) is 5.13. The van der Waals surface area contributed by atoms with Gasteiger partial charge in [0.15, 0.2) is 5.82 Å². The van der Waals surface area contributed by atoms with Gasteiger partial charge in [-0.2, -0.15) is 0 Å². The van der Waals surface area contributed by atoms with Crippen LogP contribution in [0.1, 0.15) is 11.1 Å². The van der Waals surface area contributed by atoms with Crippen LogP contribution in [0.4, 0.5) is 10.2 Å². The van der Waals surface area contributed by atoms with E-state index in [1.807, 2.05) is 32.0 Å². The van der Waals surface area contributed by atoms with Crippen LogP contribution >= 0.6 is 0 Å². The number of benzene rings is 2. The number of aryl methyl sites for hydroxylation is 2. The van der Waals surface area contributed by atoms with Gasteiger partial charge in [0.1, 0.15) is 11.6 Å². The Morgan fingerprint density at radius 3 is 2.38 bits per heavy atom. The normalized spacial score (nSPS) is 10.9. The predicted octanol–water partition coefficient (Wildman–Crippen LogP) is 4.09. The minimum atomic E-state index is -0.289. The summed E-state index contributed by atoms with van der Waals surface area (Å²) in [4.78, 5) is 9.16. The van der Waals surface area contributed by atoms with Crippen LogP contribution in [-0.2, 0) is 0 Å². The Morgan fingerprint density at radius 2 is 1.71 bits per heavy atom. The van der Waals surface area contributed by atoms with E-state index in [2.05, 4.69) is 15.3 Å². The van der Waals surface area contributed by atoms with Crippen LogP contribution in [0.5, 0.6) is 0 Å². The lowest BCUT2D eigenvalue weighted by Crippen LogP contribution is -2.01. The van der Waals surface area contributed by atoms with Gasteiger partial charge in [0.25, 0.3) is 0 Å². The first-order valence-corrected chi connectivity index (χ1v) is 6.82. The highest BCUT2D eigenvalue weighted by Crippen LogP contribution is 2.29. The second-order valence-corrected chi connectivity index (χ2v) is 5.07. The minimum Gasteiger partial charge on any atom is -0.373 e. The van der Waals surface area contributed by atoms with Crippen molar-refractivity contribution in [2.24, 2.45) is 0 Å². The minimum absolute atomic E-state index is 0.289. The summed E-state index contributed by atoms with van der Waals surface area (Å²) in [6, 6.07) is 10.7. The number of rotatable bonds is 2. The molecule has 0 amide bonds. The Hall–Kier alpha value is -2.49. The standard InChI is InChI=1S/C17H16FN3/c1-10-5-4-6-11(2)15(10)17-20-14-8-7-12(18)9-13(14)16(19-3)21-17/h4-9H,1-3H3,(H,19,20,21). The largest absolute Gasteiger partial charge is 0.373 e. The van der Waals surface area contributed by atoms with Crippen molar-refractivity contribution in [1.82, 2.24) is 9.97 Å². The van der Waals surface area contributed by atoms with Crippen LogP contribution in [0.2, 0.25) is 0 Å². The Labute approximate surface area is 122 Å². The SMILES string of the molecule is CNc1nc(-c2c(C)cccc2C)nc2ccc(F)cc12. The van der Waals surface area contributed by atoms with Gasteiger partial charge in [-0.1, -0.05) is 18.2 Å². The highest BCUT2D eigenvalue weighted by Gasteiger charge is 2.12. The van der Waals surface area contributed by atoms with Crippen molar-refractivity contribution < 1.29 is 4.39 Å². The Morgan fingerprint density at radius 1 is 1.00 bits per heavy atom. The third-order valence-corrected chi connectivity index (χ3v) is 3.60. The number of nitrogens with zero attached hydrogens (tertiary/aromatic N) is 2. The molecule has 1 aromatic heterocycles. The Balaban J connectivity index is 2.32. The van der Waals surface area contributed by atoms with Crippen LogP contribution in [0.3, 0.4) is 0 Å². The molecule has 1 N–H and O–H groups in total. The molecule has 0 saturated heterocycles. The van der Waals surface area contributed by atoms with Crippen molar-refractivity contribution in [2.75, 3.05) is 12.4 Å². The topological polar surface area (TPSA) is 37.8 Å². The monoisotopic (exact) mass is 281 g/mol. The highest BCUT2D eigenvalue weighted by molar-refractivity contribution is 5.90. The quantitative estimate of drug-likeness (QED) is 0.768. The van der Waals surface area contributed by atoms with Crippen molar-refractivity contribution in [2.45, 2.75) is 13.8 Å². The fourth-order valence-corrected chi connectivity index (χ4v) is 2.57. The van der Waals surface area contributed by atoms with Gasteiger partial charge < -0.3 is 5.32 Å². The molecule has 0 aliphatic rings. The summed E-state index contributed by atoms with van der Waals surface area (Å²) in [7, 11) is 1.78. The smallest absolute Gasteiger partial charge is 0.162 e. The zero-order chi connectivity index (χ0) is 15.0. The summed E-state index contributed by atoms with van der Waals surface area (Å²) in [6.45, 7) is 4.08. The number of hydrogen-bond acceptors (Lipinski definition) is 3. The molecule has 2 aromatic carbocycles. The molecule has 0 aliphatic carbocycles. The maximum atomic E-state index is 13.4. The molecule has 106 valence electrons. The summed E-state index contributed by atoms with van der Waals surface area (Å²) in [5.74, 6) is 1.01. The van der Waals surface area contributed by atoms with Crippen molar-refractivity contribution >= 4 is 16.7 Å². The van der Waals surface area contributed by atoms with E-state index in [0.717, 1.165) is 22.2 Å². The first kappa shape index (κ1) is 13.5. The van der Waals surface area contributed by atoms with Crippen LogP contribution < -0.4 is 5.32 Å². The lowest BCUT2D eigenvalue weighted by molar-refractivity contribution is 0.629. The molecular weight excluding hydrogens is 265 g/mol. The molecule has 0 spiro atoms. The third-order valence-electron chi connectivity index (χ3n) is 3.60. The third kappa shape index (κ3) is 2.33. The van der Waals surface area contributed by atoms with Crippen molar-refractivity contribution in [3.63, 3.8) is 0 Å². The molecule has 4 heteroatoms. The van der Waals surface area contributed by atoms with Crippen LogP contribution in [-0.4, -0.2) is 17.0 Å². The van der Waals surface area contributed by atoms with Crippen molar-refractivity contribution in [3.8, 4) is 11.4 Å². The molecule has 0 fully saturated rings. The Bertz CT molecular complexity index is 807.